The predicted molar refractivity (Wildman–Crippen MR) is 141 cm³/mol. The molecule has 2 saturated heterocycles. The third kappa shape index (κ3) is 4.37. The van der Waals surface area contributed by atoms with Crippen molar-refractivity contribution in [2.75, 3.05) is 5.32 Å². The summed E-state index contributed by atoms with van der Waals surface area (Å²) in [4.78, 5) is 43.5. The molecule has 1 aromatic carbocycles. The number of nitrogens with zero attached hydrogens (tertiary/aromatic N) is 1. The van der Waals surface area contributed by atoms with Crippen LogP contribution < -0.4 is 10.6 Å². The van der Waals surface area contributed by atoms with Crippen LogP contribution in [0, 0.1) is 11.8 Å². The molecule has 37 heavy (non-hydrogen) atoms. The second-order valence-corrected chi connectivity index (χ2v) is 12.1. The van der Waals surface area contributed by atoms with E-state index in [0.717, 1.165) is 57.8 Å². The Hall–Kier alpha value is -2.09. The first-order chi connectivity index (χ1) is 17.9. The molecule has 4 fully saturated rings. The summed E-state index contributed by atoms with van der Waals surface area (Å²) in [6.07, 6.45) is 13.4. The van der Waals surface area contributed by atoms with Crippen LogP contribution in [0.5, 0.6) is 0 Å². The molecule has 3 amide bonds. The van der Waals surface area contributed by atoms with E-state index in [4.69, 9.17) is 27.9 Å². The maximum absolute atomic E-state index is 14.2. The van der Waals surface area contributed by atoms with Gasteiger partial charge in [0.25, 0.3) is 0 Å². The van der Waals surface area contributed by atoms with E-state index in [2.05, 4.69) is 10.6 Å². The molecule has 2 bridgehead atoms. The Morgan fingerprint density at radius 2 is 1.57 bits per heavy atom. The van der Waals surface area contributed by atoms with Gasteiger partial charge in [0.15, 0.2) is 0 Å². The number of likely N-dealkylation sites (tertiary alicyclic amines) is 1. The quantitative estimate of drug-likeness (QED) is 0.517. The molecule has 6 rings (SSSR count). The lowest BCUT2D eigenvalue weighted by atomic mass is 9.74. The number of benzene rings is 1. The highest BCUT2D eigenvalue weighted by Crippen LogP contribution is 2.56. The topological polar surface area (TPSA) is 87.7 Å². The van der Waals surface area contributed by atoms with E-state index >= 15 is 0 Å². The molecule has 2 saturated carbocycles. The van der Waals surface area contributed by atoms with E-state index in [9.17, 15) is 14.4 Å². The number of anilines is 1. The van der Waals surface area contributed by atoms with Crippen LogP contribution in [0.3, 0.4) is 0 Å². The van der Waals surface area contributed by atoms with Crippen molar-refractivity contribution in [2.24, 2.45) is 11.8 Å². The van der Waals surface area contributed by atoms with Crippen LogP contribution in [0.15, 0.2) is 30.4 Å². The van der Waals surface area contributed by atoms with Gasteiger partial charge in [-0.3, -0.25) is 14.4 Å². The number of carbonyl (C=O) groups is 3. The van der Waals surface area contributed by atoms with E-state index in [1.54, 1.807) is 23.1 Å². The highest BCUT2D eigenvalue weighted by Gasteiger charge is 2.73. The number of hydrogen-bond acceptors (Lipinski definition) is 4. The second-order valence-electron chi connectivity index (χ2n) is 11.2. The summed E-state index contributed by atoms with van der Waals surface area (Å²) in [5.74, 6) is -2.12. The van der Waals surface area contributed by atoms with Gasteiger partial charge in [-0.2, -0.15) is 0 Å². The standard InChI is InChI=1S/C28H33Cl2N3O4/c29-16-13-17(30)15-19(14-16)32-25(34)22-21-11-12-28(37-21)23(22)27(36)33(20-9-5-2-6-10-20)24(28)26(35)31-18-7-3-1-4-8-18/h11-15,18,20-24H,1-10H2,(H,31,35)(H,32,34). The number of hydrogen-bond donors (Lipinski definition) is 2. The summed E-state index contributed by atoms with van der Waals surface area (Å²) >= 11 is 12.3. The second kappa shape index (κ2) is 9.90. The van der Waals surface area contributed by atoms with Gasteiger partial charge in [0.1, 0.15) is 11.6 Å². The predicted octanol–water partition coefficient (Wildman–Crippen LogP) is 4.86. The molecule has 198 valence electrons. The molecule has 2 aliphatic carbocycles. The summed E-state index contributed by atoms with van der Waals surface area (Å²) in [6, 6.07) is 4.17. The van der Waals surface area contributed by atoms with Crippen molar-refractivity contribution in [1.29, 1.82) is 0 Å². The molecule has 5 unspecified atom stereocenters. The lowest BCUT2D eigenvalue weighted by Gasteiger charge is -2.39. The Morgan fingerprint density at radius 3 is 2.24 bits per heavy atom. The summed E-state index contributed by atoms with van der Waals surface area (Å²) in [7, 11) is 0. The van der Waals surface area contributed by atoms with Gasteiger partial charge >= 0.3 is 0 Å². The highest BCUT2D eigenvalue weighted by molar-refractivity contribution is 6.35. The number of ether oxygens (including phenoxy) is 1. The average Bonchev–Trinajstić information content (AvgIpc) is 3.52. The van der Waals surface area contributed by atoms with Crippen LogP contribution in [-0.2, 0) is 19.1 Å². The number of fused-ring (bicyclic) bond motifs is 1. The van der Waals surface area contributed by atoms with E-state index < -0.39 is 29.6 Å². The molecule has 5 aliphatic rings. The van der Waals surface area contributed by atoms with E-state index in [1.165, 1.54) is 6.42 Å². The monoisotopic (exact) mass is 545 g/mol. The molecular formula is C28H33Cl2N3O4. The Bertz CT molecular complexity index is 1110. The highest BCUT2D eigenvalue weighted by atomic mass is 35.5. The molecule has 9 heteroatoms. The van der Waals surface area contributed by atoms with E-state index in [-0.39, 0.29) is 29.8 Å². The average molecular weight is 546 g/mol. The fourth-order valence-electron chi connectivity index (χ4n) is 7.34. The largest absolute Gasteiger partial charge is 0.359 e. The summed E-state index contributed by atoms with van der Waals surface area (Å²) < 4.78 is 6.47. The van der Waals surface area contributed by atoms with Crippen LogP contribution in [0.2, 0.25) is 10.0 Å². The summed E-state index contributed by atoms with van der Waals surface area (Å²) in [6.45, 7) is 0. The number of rotatable bonds is 5. The fourth-order valence-corrected chi connectivity index (χ4v) is 7.86. The van der Waals surface area contributed by atoms with Crippen molar-refractivity contribution < 1.29 is 19.1 Å². The molecule has 0 aromatic heterocycles. The third-order valence-electron chi connectivity index (χ3n) is 8.91. The minimum absolute atomic E-state index is 0.0187. The molecule has 1 spiro atoms. The molecule has 2 N–H and O–H groups in total. The van der Waals surface area contributed by atoms with Crippen LogP contribution in [0.25, 0.3) is 0 Å². The first-order valence-electron chi connectivity index (χ1n) is 13.6. The molecule has 3 heterocycles. The van der Waals surface area contributed by atoms with Crippen LogP contribution in [0.4, 0.5) is 5.69 Å². The van der Waals surface area contributed by atoms with Gasteiger partial charge in [0.2, 0.25) is 17.7 Å². The van der Waals surface area contributed by atoms with E-state index in [0.29, 0.717) is 15.7 Å². The van der Waals surface area contributed by atoms with Gasteiger partial charge in [-0.25, -0.2) is 0 Å². The Labute approximate surface area is 227 Å². The molecule has 7 nitrogen and oxygen atoms in total. The first kappa shape index (κ1) is 25.2. The number of nitrogens with one attached hydrogen (secondary N) is 2. The van der Waals surface area contributed by atoms with Gasteiger partial charge in [-0.15, -0.1) is 0 Å². The zero-order chi connectivity index (χ0) is 25.7. The van der Waals surface area contributed by atoms with Gasteiger partial charge in [-0.05, 0) is 43.9 Å². The summed E-state index contributed by atoms with van der Waals surface area (Å²) in [5.41, 5.74) is -0.671. The molecule has 3 aliphatic heterocycles. The van der Waals surface area contributed by atoms with Crippen molar-refractivity contribution in [2.45, 2.75) is 94.0 Å². The van der Waals surface area contributed by atoms with E-state index in [1.807, 2.05) is 12.2 Å². The number of amides is 3. The maximum Gasteiger partial charge on any atom is 0.246 e. The summed E-state index contributed by atoms with van der Waals surface area (Å²) in [5, 5.41) is 6.96. The normalized spacial score (nSPS) is 33.6. The van der Waals surface area contributed by atoms with Crippen molar-refractivity contribution in [3.8, 4) is 0 Å². The third-order valence-corrected chi connectivity index (χ3v) is 9.35. The van der Waals surface area contributed by atoms with Gasteiger partial charge in [0, 0.05) is 27.8 Å². The molecule has 0 radical (unpaired) electrons. The fraction of sp³-hybridized carbons (Fsp3) is 0.607. The van der Waals surface area contributed by atoms with Crippen LogP contribution in [0.1, 0.15) is 64.2 Å². The lowest BCUT2D eigenvalue weighted by Crippen LogP contribution is -2.58. The van der Waals surface area contributed by atoms with Crippen molar-refractivity contribution in [3.63, 3.8) is 0 Å². The molecule has 1 aromatic rings. The molecular weight excluding hydrogens is 513 g/mol. The zero-order valence-corrected chi connectivity index (χ0v) is 22.3. The molecule has 5 atom stereocenters. The zero-order valence-electron chi connectivity index (χ0n) is 20.8. The minimum Gasteiger partial charge on any atom is -0.359 e. The van der Waals surface area contributed by atoms with Crippen molar-refractivity contribution in [1.82, 2.24) is 10.2 Å². The van der Waals surface area contributed by atoms with Crippen LogP contribution >= 0.6 is 23.2 Å². The number of halogens is 2. The Balaban J connectivity index is 1.32. The van der Waals surface area contributed by atoms with Crippen LogP contribution in [-0.4, -0.2) is 52.5 Å². The van der Waals surface area contributed by atoms with Crippen molar-refractivity contribution >= 4 is 46.6 Å². The lowest BCUT2D eigenvalue weighted by molar-refractivity contribution is -0.144. The smallest absolute Gasteiger partial charge is 0.246 e. The van der Waals surface area contributed by atoms with Crippen molar-refractivity contribution in [3.05, 3.63) is 40.4 Å². The Morgan fingerprint density at radius 1 is 0.919 bits per heavy atom. The van der Waals surface area contributed by atoms with Gasteiger partial charge in [-0.1, -0.05) is 73.9 Å². The first-order valence-corrected chi connectivity index (χ1v) is 14.4. The SMILES string of the molecule is O=C(Nc1cc(Cl)cc(Cl)c1)C1C2C=CC3(O2)C1C(=O)N(C1CCCCC1)C3C(=O)NC1CCCCC1. The maximum atomic E-state index is 14.2. The Kier molecular flexibility index (Phi) is 6.74. The van der Waals surface area contributed by atoms with Gasteiger partial charge < -0.3 is 20.3 Å². The number of carbonyl (C=O) groups excluding carboxylic acids is 3. The van der Waals surface area contributed by atoms with Gasteiger partial charge in [0.05, 0.1) is 17.9 Å². The minimum atomic E-state index is -1.13.